The molecule has 0 amide bonds. The van der Waals surface area contributed by atoms with Gasteiger partial charge in [-0.15, -0.1) is 0 Å². The summed E-state index contributed by atoms with van der Waals surface area (Å²) < 4.78 is 0. The monoisotopic (exact) mass is 222 g/mol. The molecule has 3 aliphatic rings. The molecule has 3 fully saturated rings. The fourth-order valence-electron chi connectivity index (χ4n) is 4.08. The van der Waals surface area contributed by atoms with Gasteiger partial charge in [-0.3, -0.25) is 9.80 Å². The fourth-order valence-corrected chi connectivity index (χ4v) is 4.08. The van der Waals surface area contributed by atoms with E-state index >= 15 is 0 Å². The first-order chi connectivity index (χ1) is 7.83. The molecule has 0 aromatic rings. The summed E-state index contributed by atoms with van der Waals surface area (Å²) >= 11 is 0. The standard InChI is InChI=1S/C14H26N2/c1-12-5-6-13(10-12)16-9-3-8-15-7-2-4-14(15)11-16/h12-14H,2-11H2,1H3. The van der Waals surface area contributed by atoms with E-state index in [2.05, 4.69) is 16.7 Å². The Morgan fingerprint density at radius 3 is 2.44 bits per heavy atom. The summed E-state index contributed by atoms with van der Waals surface area (Å²) in [5.74, 6) is 0.980. The topological polar surface area (TPSA) is 6.48 Å². The van der Waals surface area contributed by atoms with Gasteiger partial charge in [-0.2, -0.15) is 0 Å². The maximum Gasteiger partial charge on any atom is 0.0223 e. The van der Waals surface area contributed by atoms with Crippen LogP contribution in [0.15, 0.2) is 0 Å². The van der Waals surface area contributed by atoms with E-state index in [9.17, 15) is 0 Å². The summed E-state index contributed by atoms with van der Waals surface area (Å²) in [4.78, 5) is 5.58. The first-order valence-corrected chi connectivity index (χ1v) is 7.31. The van der Waals surface area contributed by atoms with Crippen LogP contribution in [-0.4, -0.2) is 48.1 Å². The molecular weight excluding hydrogens is 196 g/mol. The highest BCUT2D eigenvalue weighted by molar-refractivity contribution is 4.89. The quantitative estimate of drug-likeness (QED) is 0.672. The van der Waals surface area contributed by atoms with Gasteiger partial charge < -0.3 is 0 Å². The van der Waals surface area contributed by atoms with Crippen molar-refractivity contribution in [3.8, 4) is 0 Å². The lowest BCUT2D eigenvalue weighted by Crippen LogP contribution is -2.41. The van der Waals surface area contributed by atoms with E-state index in [0.717, 1.165) is 18.0 Å². The van der Waals surface area contributed by atoms with E-state index in [4.69, 9.17) is 0 Å². The minimum absolute atomic E-state index is 0.901. The molecule has 2 aliphatic heterocycles. The van der Waals surface area contributed by atoms with Gasteiger partial charge in [-0.1, -0.05) is 6.92 Å². The molecule has 0 N–H and O–H groups in total. The van der Waals surface area contributed by atoms with Crippen LogP contribution in [0.2, 0.25) is 0 Å². The molecule has 2 heteroatoms. The van der Waals surface area contributed by atoms with E-state index in [1.165, 1.54) is 64.7 Å². The Hall–Kier alpha value is -0.0800. The molecule has 0 radical (unpaired) electrons. The molecule has 1 aliphatic carbocycles. The maximum atomic E-state index is 2.83. The van der Waals surface area contributed by atoms with Gasteiger partial charge in [0.1, 0.15) is 0 Å². The summed E-state index contributed by atoms with van der Waals surface area (Å²) in [7, 11) is 0. The number of nitrogens with zero attached hydrogens (tertiary/aromatic N) is 2. The second kappa shape index (κ2) is 4.66. The van der Waals surface area contributed by atoms with Crippen LogP contribution in [0.3, 0.4) is 0 Å². The van der Waals surface area contributed by atoms with E-state index in [-0.39, 0.29) is 0 Å². The highest BCUT2D eigenvalue weighted by atomic mass is 15.3. The summed E-state index contributed by atoms with van der Waals surface area (Å²) in [6.45, 7) is 7.91. The lowest BCUT2D eigenvalue weighted by atomic mass is 10.1. The van der Waals surface area contributed by atoms with E-state index in [1.807, 2.05) is 0 Å². The molecule has 2 saturated heterocycles. The highest BCUT2D eigenvalue weighted by Crippen LogP contribution is 2.31. The Balaban J connectivity index is 1.62. The van der Waals surface area contributed by atoms with Crippen molar-refractivity contribution in [3.63, 3.8) is 0 Å². The minimum atomic E-state index is 0.901. The first kappa shape index (κ1) is 11.0. The predicted molar refractivity (Wildman–Crippen MR) is 67.6 cm³/mol. The highest BCUT2D eigenvalue weighted by Gasteiger charge is 2.33. The average molecular weight is 222 g/mol. The van der Waals surface area contributed by atoms with Gasteiger partial charge in [0, 0.05) is 18.6 Å². The molecule has 0 aromatic heterocycles. The summed E-state index contributed by atoms with van der Waals surface area (Å²) in [5, 5.41) is 0. The van der Waals surface area contributed by atoms with Crippen molar-refractivity contribution < 1.29 is 0 Å². The molecule has 1 saturated carbocycles. The van der Waals surface area contributed by atoms with Crippen molar-refractivity contribution in [2.24, 2.45) is 5.92 Å². The second-order valence-electron chi connectivity index (χ2n) is 6.25. The molecule has 3 rings (SSSR count). The zero-order valence-electron chi connectivity index (χ0n) is 10.7. The number of fused-ring (bicyclic) bond motifs is 1. The number of rotatable bonds is 1. The number of hydrogen-bond donors (Lipinski definition) is 0. The molecule has 3 unspecified atom stereocenters. The molecule has 16 heavy (non-hydrogen) atoms. The predicted octanol–water partition coefficient (Wildman–Crippen LogP) is 2.35. The summed E-state index contributed by atoms with van der Waals surface area (Å²) in [6, 6.07) is 1.83. The van der Waals surface area contributed by atoms with Crippen molar-refractivity contribution >= 4 is 0 Å². The molecule has 2 heterocycles. The van der Waals surface area contributed by atoms with Gasteiger partial charge >= 0.3 is 0 Å². The van der Waals surface area contributed by atoms with Crippen LogP contribution in [0.5, 0.6) is 0 Å². The van der Waals surface area contributed by atoms with Crippen molar-refractivity contribution in [1.29, 1.82) is 0 Å². The van der Waals surface area contributed by atoms with Gasteiger partial charge in [0.15, 0.2) is 0 Å². The van der Waals surface area contributed by atoms with Crippen LogP contribution >= 0.6 is 0 Å². The second-order valence-corrected chi connectivity index (χ2v) is 6.25. The van der Waals surface area contributed by atoms with Crippen LogP contribution in [0, 0.1) is 5.92 Å². The van der Waals surface area contributed by atoms with Gasteiger partial charge in [0.25, 0.3) is 0 Å². The molecule has 0 aromatic carbocycles. The van der Waals surface area contributed by atoms with Gasteiger partial charge in [-0.05, 0) is 64.1 Å². The van der Waals surface area contributed by atoms with Crippen LogP contribution < -0.4 is 0 Å². The van der Waals surface area contributed by atoms with Crippen molar-refractivity contribution in [2.45, 2.75) is 57.5 Å². The van der Waals surface area contributed by atoms with Crippen LogP contribution in [0.1, 0.15) is 45.4 Å². The van der Waals surface area contributed by atoms with Gasteiger partial charge in [-0.25, -0.2) is 0 Å². The molecule has 2 nitrogen and oxygen atoms in total. The van der Waals surface area contributed by atoms with Crippen LogP contribution in [0.25, 0.3) is 0 Å². The third-order valence-corrected chi connectivity index (χ3v) is 5.02. The van der Waals surface area contributed by atoms with E-state index < -0.39 is 0 Å². The zero-order valence-corrected chi connectivity index (χ0v) is 10.7. The molecule has 92 valence electrons. The van der Waals surface area contributed by atoms with E-state index in [1.54, 1.807) is 0 Å². The third kappa shape index (κ3) is 2.14. The summed E-state index contributed by atoms with van der Waals surface area (Å²) in [5.41, 5.74) is 0. The lowest BCUT2D eigenvalue weighted by molar-refractivity contribution is 0.172. The Labute approximate surface area is 100.0 Å². The fraction of sp³-hybridized carbons (Fsp3) is 1.00. The third-order valence-electron chi connectivity index (χ3n) is 5.02. The number of hydrogen-bond acceptors (Lipinski definition) is 2. The van der Waals surface area contributed by atoms with Crippen molar-refractivity contribution in [3.05, 3.63) is 0 Å². The van der Waals surface area contributed by atoms with Gasteiger partial charge in [0.2, 0.25) is 0 Å². The summed E-state index contributed by atoms with van der Waals surface area (Å²) in [6.07, 6.45) is 8.70. The molecular formula is C14H26N2. The van der Waals surface area contributed by atoms with Crippen molar-refractivity contribution in [2.75, 3.05) is 26.2 Å². The Kier molecular flexibility index (Phi) is 3.21. The van der Waals surface area contributed by atoms with Crippen LogP contribution in [-0.2, 0) is 0 Å². The zero-order chi connectivity index (χ0) is 11.0. The van der Waals surface area contributed by atoms with Crippen molar-refractivity contribution in [1.82, 2.24) is 9.80 Å². The van der Waals surface area contributed by atoms with E-state index in [0.29, 0.717) is 0 Å². The van der Waals surface area contributed by atoms with Gasteiger partial charge in [0.05, 0.1) is 0 Å². The first-order valence-electron chi connectivity index (χ1n) is 7.31. The SMILES string of the molecule is CC1CCC(N2CCCN3CCCC3C2)C1. The lowest BCUT2D eigenvalue weighted by Gasteiger charge is -2.30. The minimum Gasteiger partial charge on any atom is -0.299 e. The molecule has 3 atom stereocenters. The maximum absolute atomic E-state index is 2.83. The Morgan fingerprint density at radius 1 is 0.812 bits per heavy atom. The molecule has 0 bridgehead atoms. The smallest absolute Gasteiger partial charge is 0.0223 e. The Bertz CT molecular complexity index is 241. The van der Waals surface area contributed by atoms with Crippen LogP contribution in [0.4, 0.5) is 0 Å². The Morgan fingerprint density at radius 2 is 1.62 bits per heavy atom. The molecule has 0 spiro atoms. The largest absolute Gasteiger partial charge is 0.299 e. The average Bonchev–Trinajstić information content (AvgIpc) is 2.83. The normalized spacial score (nSPS) is 42.2.